The number of nitrogens with one attached hydrogen (secondary N) is 4. The van der Waals surface area contributed by atoms with Gasteiger partial charge in [0.2, 0.25) is 23.6 Å². The smallest absolute Gasteiger partial charge is 0.410 e. The van der Waals surface area contributed by atoms with Crippen molar-refractivity contribution in [1.82, 2.24) is 31.2 Å². The summed E-state index contributed by atoms with van der Waals surface area (Å²) in [6.45, 7) is 7.51. The first-order valence-electron chi connectivity index (χ1n) is 12.1. The number of amides is 5. The van der Waals surface area contributed by atoms with Crippen molar-refractivity contribution in [1.29, 1.82) is 0 Å². The monoisotopic (exact) mass is 506 g/mol. The van der Waals surface area contributed by atoms with E-state index in [2.05, 4.69) is 26.3 Å². The van der Waals surface area contributed by atoms with Crippen LogP contribution in [0, 0.1) is 12.8 Å². The number of cyclic esters (lactones) is 1. The van der Waals surface area contributed by atoms with E-state index >= 15 is 0 Å². The predicted molar refractivity (Wildman–Crippen MR) is 126 cm³/mol. The van der Waals surface area contributed by atoms with Gasteiger partial charge in [0.25, 0.3) is 5.91 Å². The number of carbonyl (C=O) groups excluding carboxylic acids is 5. The van der Waals surface area contributed by atoms with Crippen molar-refractivity contribution in [2.45, 2.75) is 65.1 Å². The van der Waals surface area contributed by atoms with E-state index in [0.29, 0.717) is 32.4 Å². The van der Waals surface area contributed by atoms with Crippen LogP contribution in [0.1, 0.15) is 68.2 Å². The minimum atomic E-state index is -0.890. The summed E-state index contributed by atoms with van der Waals surface area (Å²) in [7, 11) is 0. The van der Waals surface area contributed by atoms with Crippen LogP contribution in [0.2, 0.25) is 0 Å². The Morgan fingerprint density at radius 2 is 1.92 bits per heavy atom. The van der Waals surface area contributed by atoms with E-state index in [1.807, 2.05) is 13.8 Å². The minimum Gasteiger partial charge on any atom is -0.448 e. The first-order chi connectivity index (χ1) is 17.1. The number of aromatic nitrogens is 1. The molecule has 1 saturated heterocycles. The molecule has 36 heavy (non-hydrogen) atoms. The molecule has 0 spiro atoms. The third-order valence-corrected chi connectivity index (χ3v) is 6.05. The van der Waals surface area contributed by atoms with Crippen LogP contribution in [0.25, 0.3) is 0 Å². The molecule has 3 atom stereocenters. The van der Waals surface area contributed by atoms with Gasteiger partial charge in [-0.25, -0.2) is 9.78 Å². The second-order valence-corrected chi connectivity index (χ2v) is 9.33. The zero-order valence-corrected chi connectivity index (χ0v) is 21.0. The molecule has 0 aromatic carbocycles. The van der Waals surface area contributed by atoms with Crippen molar-refractivity contribution in [3.63, 3.8) is 0 Å². The number of ether oxygens (including phenoxy) is 1. The van der Waals surface area contributed by atoms with Crippen LogP contribution < -0.4 is 21.3 Å². The number of hydrogen-bond donors (Lipinski definition) is 4. The maximum Gasteiger partial charge on any atom is 0.410 e. The molecule has 13 nitrogen and oxygen atoms in total. The fourth-order valence-corrected chi connectivity index (χ4v) is 3.95. The van der Waals surface area contributed by atoms with Crippen LogP contribution in [0.5, 0.6) is 0 Å². The van der Waals surface area contributed by atoms with Crippen molar-refractivity contribution in [2.75, 3.05) is 26.2 Å². The molecule has 0 radical (unpaired) electrons. The van der Waals surface area contributed by atoms with Gasteiger partial charge in [0.1, 0.15) is 37.0 Å². The maximum absolute atomic E-state index is 13.3. The van der Waals surface area contributed by atoms with Gasteiger partial charge in [-0.1, -0.05) is 13.8 Å². The van der Waals surface area contributed by atoms with Gasteiger partial charge in [-0.2, -0.15) is 0 Å². The van der Waals surface area contributed by atoms with E-state index in [-0.39, 0.29) is 42.3 Å². The lowest BCUT2D eigenvalue weighted by Crippen LogP contribution is -2.51. The van der Waals surface area contributed by atoms with Crippen LogP contribution in [0.3, 0.4) is 0 Å². The number of rotatable bonds is 4. The summed E-state index contributed by atoms with van der Waals surface area (Å²) in [4.78, 5) is 68.2. The molecule has 3 rings (SSSR count). The first-order valence-corrected chi connectivity index (χ1v) is 12.1. The first kappa shape index (κ1) is 27.0. The molecule has 2 bridgehead atoms. The maximum atomic E-state index is 13.3. The Bertz CT molecular complexity index is 1010. The molecule has 198 valence electrons. The Hall–Kier alpha value is -3.64. The Balaban J connectivity index is 1.82. The van der Waals surface area contributed by atoms with Gasteiger partial charge >= 0.3 is 6.09 Å². The Labute approximate surface area is 209 Å². The van der Waals surface area contributed by atoms with Gasteiger partial charge < -0.3 is 30.4 Å². The van der Waals surface area contributed by atoms with Crippen LogP contribution in [0.15, 0.2) is 4.42 Å². The zero-order valence-electron chi connectivity index (χ0n) is 21.0. The number of aryl methyl sites for hydroxylation is 1. The molecule has 13 heteroatoms. The van der Waals surface area contributed by atoms with Gasteiger partial charge in [0.05, 0.1) is 6.54 Å². The van der Waals surface area contributed by atoms with Crippen LogP contribution in [-0.4, -0.2) is 77.9 Å². The highest BCUT2D eigenvalue weighted by Crippen LogP contribution is 2.24. The van der Waals surface area contributed by atoms with Crippen molar-refractivity contribution in [2.24, 2.45) is 5.92 Å². The summed E-state index contributed by atoms with van der Waals surface area (Å²) in [6.07, 6.45) is 0.819. The summed E-state index contributed by atoms with van der Waals surface area (Å²) in [5.74, 6) is -1.59. The molecule has 1 aromatic heterocycles. The molecule has 4 N–H and O–H groups in total. The van der Waals surface area contributed by atoms with Crippen LogP contribution >= 0.6 is 0 Å². The highest BCUT2D eigenvalue weighted by molar-refractivity contribution is 5.96. The standard InChI is InChI=1S/C23H34N6O7/c1-12(2)17-22-28-18(14(4)36-22)21(33)25-13(3)19(31)24-8-6-5-7-15(20(32)27-17)26-16(30)11-29-9-10-35-23(29)34/h12-13,15,17H,5-11H2,1-4H3,(H,24,31)(H,25,33)(H,26,30)(H,27,32)/t13-,15+,17+/m1/s1. The topological polar surface area (TPSA) is 172 Å². The normalized spacial score (nSPS) is 24.1. The van der Waals surface area contributed by atoms with Crippen molar-refractivity contribution in [3.8, 4) is 0 Å². The molecule has 1 fully saturated rings. The zero-order chi connectivity index (χ0) is 26.4. The van der Waals surface area contributed by atoms with Crippen molar-refractivity contribution >= 4 is 29.7 Å². The molecular weight excluding hydrogens is 472 g/mol. The average molecular weight is 507 g/mol. The number of oxazole rings is 1. The van der Waals surface area contributed by atoms with Gasteiger partial charge in [-0.15, -0.1) is 0 Å². The van der Waals surface area contributed by atoms with Crippen LogP contribution in [-0.2, 0) is 19.1 Å². The van der Waals surface area contributed by atoms with E-state index in [0.717, 1.165) is 0 Å². The second-order valence-electron chi connectivity index (χ2n) is 9.33. The molecule has 3 heterocycles. The largest absolute Gasteiger partial charge is 0.448 e. The molecule has 2 aliphatic rings. The third kappa shape index (κ3) is 6.73. The van der Waals surface area contributed by atoms with Crippen molar-refractivity contribution in [3.05, 3.63) is 17.3 Å². The number of nitrogens with zero attached hydrogens (tertiary/aromatic N) is 2. The van der Waals surface area contributed by atoms with E-state index < -0.39 is 41.9 Å². The van der Waals surface area contributed by atoms with E-state index in [4.69, 9.17) is 9.15 Å². The predicted octanol–water partition coefficient (Wildman–Crippen LogP) is 0.152. The van der Waals surface area contributed by atoms with E-state index in [9.17, 15) is 24.0 Å². The summed E-state index contributed by atoms with van der Waals surface area (Å²) in [5.41, 5.74) is 0.0268. The summed E-state index contributed by atoms with van der Waals surface area (Å²) < 4.78 is 10.6. The Morgan fingerprint density at radius 1 is 1.17 bits per heavy atom. The number of hydrogen-bond acceptors (Lipinski definition) is 8. The van der Waals surface area contributed by atoms with Crippen LogP contribution in [0.4, 0.5) is 4.79 Å². The lowest BCUT2D eigenvalue weighted by Gasteiger charge is -2.25. The highest BCUT2D eigenvalue weighted by atomic mass is 16.6. The summed E-state index contributed by atoms with van der Waals surface area (Å²) in [6, 6.07) is -2.34. The van der Waals surface area contributed by atoms with Gasteiger partial charge in [-0.3, -0.25) is 24.1 Å². The van der Waals surface area contributed by atoms with Crippen molar-refractivity contribution < 1.29 is 33.1 Å². The fourth-order valence-electron chi connectivity index (χ4n) is 3.95. The number of carbonyl (C=O) groups is 5. The minimum absolute atomic E-state index is 0.0268. The molecule has 0 aliphatic carbocycles. The summed E-state index contributed by atoms with van der Waals surface area (Å²) in [5, 5.41) is 11.0. The number of fused-ring (bicyclic) bond motifs is 2. The van der Waals surface area contributed by atoms with E-state index in [1.54, 1.807) is 13.8 Å². The average Bonchev–Trinajstić information content (AvgIpc) is 3.40. The lowest BCUT2D eigenvalue weighted by atomic mass is 10.0. The second kappa shape index (κ2) is 11.9. The SMILES string of the molecule is Cc1oc2nc1C(=O)N[C@H](C)C(=O)NCCCC[C@H](NC(=O)CN1CCOC1=O)C(=O)N[C@H]2C(C)C. The molecular formula is C23H34N6O7. The molecule has 0 saturated carbocycles. The fraction of sp³-hybridized carbons (Fsp3) is 0.652. The summed E-state index contributed by atoms with van der Waals surface area (Å²) >= 11 is 0. The molecule has 5 amide bonds. The van der Waals surface area contributed by atoms with Gasteiger partial charge in [-0.05, 0) is 39.0 Å². The molecule has 2 aliphatic heterocycles. The van der Waals surface area contributed by atoms with Gasteiger partial charge in [0.15, 0.2) is 5.69 Å². The molecule has 1 aromatic rings. The highest BCUT2D eigenvalue weighted by Gasteiger charge is 2.32. The van der Waals surface area contributed by atoms with Gasteiger partial charge in [0, 0.05) is 6.54 Å². The molecule has 0 unspecified atom stereocenters. The lowest BCUT2D eigenvalue weighted by molar-refractivity contribution is -0.130. The Morgan fingerprint density at radius 3 is 2.58 bits per heavy atom. The Kier molecular flexibility index (Phi) is 8.88. The van der Waals surface area contributed by atoms with E-state index in [1.165, 1.54) is 4.90 Å². The third-order valence-electron chi connectivity index (χ3n) is 6.05. The quantitative estimate of drug-likeness (QED) is 0.447.